The van der Waals surface area contributed by atoms with Crippen molar-refractivity contribution in [2.24, 2.45) is 0 Å². The van der Waals surface area contributed by atoms with Crippen molar-refractivity contribution in [2.45, 2.75) is 36.1 Å². The molecule has 0 nitrogen and oxygen atoms in total. The molecule has 0 aromatic carbocycles. The van der Waals surface area contributed by atoms with E-state index in [4.69, 9.17) is 58.0 Å². The molecule has 0 radical (unpaired) electrons. The van der Waals surface area contributed by atoms with E-state index in [1.54, 1.807) is 0 Å². The molecule has 0 spiro atoms. The van der Waals surface area contributed by atoms with Gasteiger partial charge in [0.1, 0.15) is 4.84 Å². The van der Waals surface area contributed by atoms with Gasteiger partial charge in [0.15, 0.2) is 3.79 Å². The average Bonchev–Trinajstić information content (AvgIpc) is 1.77. The van der Waals surface area contributed by atoms with E-state index < -0.39 is 14.8 Å². The third kappa shape index (κ3) is 38.2. The zero-order valence-corrected chi connectivity index (χ0v) is 11.4. The fourth-order valence-electron chi connectivity index (χ4n) is 0.246. The monoisotopic (exact) mass is 376 g/mol. The molecule has 0 aromatic heterocycles. The summed E-state index contributed by atoms with van der Waals surface area (Å²) in [6.07, 6.45) is -4.16. The lowest BCUT2D eigenvalue weighted by Crippen LogP contribution is -2.06. The van der Waals surface area contributed by atoms with Gasteiger partial charge >= 0.3 is 6.18 Å². The maximum atomic E-state index is 10.9. The van der Waals surface area contributed by atoms with Crippen molar-refractivity contribution >= 4 is 69.6 Å². The van der Waals surface area contributed by atoms with E-state index in [1.165, 1.54) is 0 Å². The fraction of sp³-hybridized carbons (Fsp3) is 0.750. The minimum Gasteiger partial charge on any atom is -0.167 e. The molecule has 0 saturated carbocycles. The highest BCUT2D eigenvalue weighted by Crippen LogP contribution is 2.33. The van der Waals surface area contributed by atoms with Gasteiger partial charge in [-0.05, 0) is 0 Å². The molecule has 0 N–H and O–H groups in total. The van der Waals surface area contributed by atoms with E-state index in [2.05, 4.69) is 11.6 Å². The van der Waals surface area contributed by atoms with Crippen LogP contribution in [0.2, 0.25) is 0 Å². The third-order valence-corrected chi connectivity index (χ3v) is 1.54. The standard InChI is InChI=1S/C3H3Cl5.C3H2ClF3.2CH4/c4-2(5)1-3(6,7)8;4-2-1-3(5,6)7;;/h2H,1H2;1-2H;2*1H4. The van der Waals surface area contributed by atoms with Gasteiger partial charge in [-0.3, -0.25) is 0 Å². The largest absolute Gasteiger partial charge is 0.410 e. The van der Waals surface area contributed by atoms with Gasteiger partial charge in [-0.2, -0.15) is 13.2 Å². The summed E-state index contributed by atoms with van der Waals surface area (Å²) < 4.78 is 31.3. The van der Waals surface area contributed by atoms with Gasteiger partial charge in [0, 0.05) is 18.0 Å². The van der Waals surface area contributed by atoms with Gasteiger partial charge in [0.25, 0.3) is 0 Å². The van der Waals surface area contributed by atoms with Crippen molar-refractivity contribution in [3.63, 3.8) is 0 Å². The number of alkyl halides is 8. The number of allylic oxidation sites excluding steroid dienone is 1. The normalized spacial score (nSPS) is 11.4. The minimum absolute atomic E-state index is 0. The smallest absolute Gasteiger partial charge is 0.167 e. The van der Waals surface area contributed by atoms with Gasteiger partial charge in [-0.15, -0.1) is 23.2 Å². The molecule has 0 aromatic rings. The van der Waals surface area contributed by atoms with Crippen molar-refractivity contribution in [3.8, 4) is 0 Å². The molecule has 0 bridgehead atoms. The van der Waals surface area contributed by atoms with Crippen LogP contribution in [0.4, 0.5) is 13.2 Å². The highest BCUT2D eigenvalue weighted by atomic mass is 35.6. The molecule has 0 atom stereocenters. The number of halogens is 9. The van der Waals surface area contributed by atoms with Crippen LogP contribution in [0.15, 0.2) is 11.6 Å². The Kier molecular flexibility index (Phi) is 19.4. The lowest BCUT2D eigenvalue weighted by molar-refractivity contribution is -0.0796. The summed E-state index contributed by atoms with van der Waals surface area (Å²) in [5.74, 6) is 0. The van der Waals surface area contributed by atoms with Gasteiger partial charge in [0.05, 0.1) is 0 Å². The van der Waals surface area contributed by atoms with Gasteiger partial charge in [-0.1, -0.05) is 61.3 Å². The van der Waals surface area contributed by atoms with Crippen LogP contribution < -0.4 is 0 Å². The number of hydrogen-bond acceptors (Lipinski definition) is 0. The molecule has 0 amide bonds. The van der Waals surface area contributed by atoms with Crippen molar-refractivity contribution in [1.82, 2.24) is 0 Å². The first kappa shape index (κ1) is 26.8. The number of hydrogen-bond donors (Lipinski definition) is 0. The molecule has 108 valence electrons. The van der Waals surface area contributed by atoms with Crippen molar-refractivity contribution in [1.29, 1.82) is 0 Å². The summed E-state index contributed by atoms with van der Waals surface area (Å²) >= 11 is 31.0. The highest BCUT2D eigenvalue weighted by molar-refractivity contribution is 6.68. The van der Waals surface area contributed by atoms with E-state index in [0.717, 1.165) is 0 Å². The van der Waals surface area contributed by atoms with Crippen LogP contribution in [-0.2, 0) is 0 Å². The predicted molar refractivity (Wildman–Crippen MR) is 74.9 cm³/mol. The summed E-state index contributed by atoms with van der Waals surface area (Å²) in [6, 6.07) is 0. The second-order valence-electron chi connectivity index (χ2n) is 2.04. The van der Waals surface area contributed by atoms with E-state index >= 15 is 0 Å². The topological polar surface area (TPSA) is 0 Å². The van der Waals surface area contributed by atoms with Crippen molar-refractivity contribution < 1.29 is 13.2 Å². The average molecular weight is 379 g/mol. The quantitative estimate of drug-likeness (QED) is 0.426. The van der Waals surface area contributed by atoms with Crippen LogP contribution >= 0.6 is 69.6 Å². The molecule has 0 rings (SSSR count). The predicted octanol–water partition coefficient (Wildman–Crippen LogP) is 7.12. The Balaban J connectivity index is -0.0000000896. The summed E-state index contributed by atoms with van der Waals surface area (Å²) in [5, 5.41) is 0. The first-order chi connectivity index (χ1) is 6.48. The Bertz CT molecular complexity index is 185. The Morgan fingerprint density at radius 3 is 1.35 bits per heavy atom. The van der Waals surface area contributed by atoms with E-state index in [0.29, 0.717) is 5.54 Å². The van der Waals surface area contributed by atoms with Crippen LogP contribution in [0, 0.1) is 0 Å². The van der Waals surface area contributed by atoms with E-state index in [1.807, 2.05) is 0 Å². The first-order valence-corrected chi connectivity index (χ1v) is 5.62. The zero-order chi connectivity index (χ0) is 12.7. The molecule has 9 heteroatoms. The maximum absolute atomic E-state index is 10.9. The van der Waals surface area contributed by atoms with Gasteiger partial charge in [0.2, 0.25) is 0 Å². The molecule has 0 aliphatic carbocycles. The van der Waals surface area contributed by atoms with Gasteiger partial charge < -0.3 is 0 Å². The van der Waals surface area contributed by atoms with Crippen LogP contribution in [0.3, 0.4) is 0 Å². The van der Waals surface area contributed by atoms with E-state index in [9.17, 15) is 13.2 Å². The minimum atomic E-state index is -4.26. The van der Waals surface area contributed by atoms with Crippen LogP contribution in [-0.4, -0.2) is 14.8 Å². The second kappa shape index (κ2) is 12.3. The van der Waals surface area contributed by atoms with E-state index in [-0.39, 0.29) is 27.4 Å². The highest BCUT2D eigenvalue weighted by Gasteiger charge is 2.22. The number of rotatable bonds is 1. The second-order valence-corrected chi connectivity index (χ2v) is 6.09. The van der Waals surface area contributed by atoms with Crippen LogP contribution in [0.25, 0.3) is 0 Å². The lowest BCUT2D eigenvalue weighted by atomic mass is 10.5. The molecule has 0 aliphatic rings. The zero-order valence-electron chi connectivity index (χ0n) is 6.84. The Hall–Kier alpha value is 1.27. The van der Waals surface area contributed by atoms with Crippen LogP contribution in [0.5, 0.6) is 0 Å². The Morgan fingerprint density at radius 2 is 1.35 bits per heavy atom. The molecular weight excluding hydrogens is 366 g/mol. The third-order valence-electron chi connectivity index (χ3n) is 0.638. The molecular formula is C8H13Cl6F3. The maximum Gasteiger partial charge on any atom is 0.410 e. The fourth-order valence-corrected chi connectivity index (χ4v) is 1.79. The lowest BCUT2D eigenvalue weighted by Gasteiger charge is -2.09. The van der Waals surface area contributed by atoms with Crippen molar-refractivity contribution in [2.75, 3.05) is 0 Å². The van der Waals surface area contributed by atoms with Gasteiger partial charge in [-0.25, -0.2) is 0 Å². The summed E-state index contributed by atoms with van der Waals surface area (Å²) in [7, 11) is 0. The molecule has 0 heterocycles. The SMILES string of the molecule is C.C.ClC(Cl)CC(Cl)(Cl)Cl.FC(F)(F)C=CCl. The molecule has 0 unspecified atom stereocenters. The summed E-state index contributed by atoms with van der Waals surface area (Å²) in [6.45, 7) is 0. The summed E-state index contributed by atoms with van der Waals surface area (Å²) in [4.78, 5) is -0.609. The first-order valence-electron chi connectivity index (χ1n) is 3.17. The summed E-state index contributed by atoms with van der Waals surface area (Å²) in [5.41, 5.74) is 0.431. The van der Waals surface area contributed by atoms with Crippen LogP contribution in [0.1, 0.15) is 21.3 Å². The molecule has 17 heavy (non-hydrogen) atoms. The Labute approximate surface area is 130 Å². The molecule has 0 fully saturated rings. The van der Waals surface area contributed by atoms with Crippen molar-refractivity contribution in [3.05, 3.63) is 11.6 Å². The molecule has 0 saturated heterocycles. The Morgan fingerprint density at radius 1 is 1.00 bits per heavy atom. The molecule has 0 aliphatic heterocycles.